The highest BCUT2D eigenvalue weighted by molar-refractivity contribution is 5.91. The van der Waals surface area contributed by atoms with Crippen LogP contribution in [0.2, 0.25) is 0 Å². The van der Waals surface area contributed by atoms with Gasteiger partial charge in [-0.25, -0.2) is 4.79 Å². The quantitative estimate of drug-likeness (QED) is 0.876. The Bertz CT molecular complexity index is 505. The number of carboxylic acids is 1. The van der Waals surface area contributed by atoms with Crippen molar-refractivity contribution in [3.05, 3.63) is 35.4 Å². The van der Waals surface area contributed by atoms with Gasteiger partial charge < -0.3 is 10.4 Å². The van der Waals surface area contributed by atoms with Gasteiger partial charge in [0.25, 0.3) is 0 Å². The van der Waals surface area contributed by atoms with Gasteiger partial charge in [-0.05, 0) is 30.4 Å². The van der Waals surface area contributed by atoms with Gasteiger partial charge in [-0.2, -0.15) is 0 Å². The number of nitrogens with one attached hydrogen (secondary N) is 1. The first-order chi connectivity index (χ1) is 10.7. The lowest BCUT2D eigenvalue weighted by Crippen LogP contribution is -2.31. The molecule has 2 rings (SSSR count). The number of hydrogen-bond donors (Lipinski definition) is 2. The average Bonchev–Trinajstić information content (AvgIpc) is 2.46. The molecule has 4 nitrogen and oxygen atoms in total. The van der Waals surface area contributed by atoms with E-state index < -0.39 is 5.97 Å². The van der Waals surface area contributed by atoms with Crippen LogP contribution in [0.1, 0.15) is 60.9 Å². The molecule has 22 heavy (non-hydrogen) atoms. The lowest BCUT2D eigenvalue weighted by molar-refractivity contribution is -0.120. The first-order valence-corrected chi connectivity index (χ1v) is 8.24. The zero-order valence-electron chi connectivity index (χ0n) is 13.0. The molecule has 0 aliphatic heterocycles. The third-order valence-electron chi connectivity index (χ3n) is 4.41. The smallest absolute Gasteiger partial charge is 0.335 e. The molecule has 1 aliphatic rings. The summed E-state index contributed by atoms with van der Waals surface area (Å²) in [7, 11) is 0. The number of carbonyl (C=O) groups excluding carboxylic acids is 1. The molecule has 120 valence electrons. The summed E-state index contributed by atoms with van der Waals surface area (Å²) in [5.41, 5.74) is 0.786. The number of aromatic carboxylic acids is 1. The maximum Gasteiger partial charge on any atom is 0.335 e. The molecule has 0 unspecified atom stereocenters. The number of rotatable bonds is 5. The van der Waals surface area contributed by atoms with E-state index in [2.05, 4.69) is 5.32 Å². The molecule has 1 saturated carbocycles. The van der Waals surface area contributed by atoms with Crippen molar-refractivity contribution in [2.24, 2.45) is 5.92 Å². The fourth-order valence-electron chi connectivity index (χ4n) is 3.12. The van der Waals surface area contributed by atoms with Crippen LogP contribution in [0, 0.1) is 5.92 Å². The molecule has 1 aliphatic carbocycles. The maximum atomic E-state index is 12.1. The van der Waals surface area contributed by atoms with Crippen LogP contribution >= 0.6 is 0 Å². The minimum absolute atomic E-state index is 0.0873. The van der Waals surface area contributed by atoms with E-state index in [9.17, 15) is 9.59 Å². The fraction of sp³-hybridized carbons (Fsp3) is 0.556. The molecule has 0 radical (unpaired) electrons. The first kappa shape index (κ1) is 16.5. The van der Waals surface area contributed by atoms with Crippen molar-refractivity contribution in [2.75, 3.05) is 6.54 Å². The number of hydrogen-bond acceptors (Lipinski definition) is 2. The molecule has 1 amide bonds. The lowest BCUT2D eigenvalue weighted by atomic mass is 9.91. The first-order valence-electron chi connectivity index (χ1n) is 8.24. The summed E-state index contributed by atoms with van der Waals surface area (Å²) in [6.45, 7) is 0.716. The monoisotopic (exact) mass is 303 g/mol. The third-order valence-corrected chi connectivity index (χ3v) is 4.41. The summed E-state index contributed by atoms with van der Waals surface area (Å²) in [6, 6.07) is 6.70. The van der Waals surface area contributed by atoms with Crippen molar-refractivity contribution in [3.63, 3.8) is 0 Å². The zero-order chi connectivity index (χ0) is 15.8. The minimum Gasteiger partial charge on any atom is -0.478 e. The Morgan fingerprint density at radius 3 is 2.36 bits per heavy atom. The Hall–Kier alpha value is -1.84. The van der Waals surface area contributed by atoms with Gasteiger partial charge in [0.1, 0.15) is 0 Å². The van der Waals surface area contributed by atoms with Crippen LogP contribution in [-0.4, -0.2) is 23.5 Å². The molecule has 2 N–H and O–H groups in total. The molecule has 0 atom stereocenters. The second kappa shape index (κ2) is 8.57. The Morgan fingerprint density at radius 2 is 1.68 bits per heavy atom. The number of carboxylic acid groups (broad SMARTS) is 1. The van der Waals surface area contributed by atoms with Crippen LogP contribution in [0.15, 0.2) is 24.3 Å². The lowest BCUT2D eigenvalue weighted by Gasteiger charge is -2.20. The van der Waals surface area contributed by atoms with Crippen molar-refractivity contribution >= 4 is 11.9 Å². The van der Waals surface area contributed by atoms with Gasteiger partial charge in [-0.1, -0.05) is 50.3 Å². The molecular weight excluding hydrogens is 278 g/mol. The van der Waals surface area contributed by atoms with Crippen LogP contribution < -0.4 is 5.32 Å². The number of carbonyl (C=O) groups is 2. The molecule has 0 bridgehead atoms. The van der Waals surface area contributed by atoms with Crippen molar-refractivity contribution in [3.8, 4) is 0 Å². The van der Waals surface area contributed by atoms with E-state index in [0.29, 0.717) is 18.0 Å². The van der Waals surface area contributed by atoms with Crippen molar-refractivity contribution in [1.29, 1.82) is 0 Å². The summed E-state index contributed by atoms with van der Waals surface area (Å²) < 4.78 is 0. The molecule has 1 aromatic rings. The summed E-state index contributed by atoms with van der Waals surface area (Å²) in [4.78, 5) is 23.2. The van der Waals surface area contributed by atoms with Crippen LogP contribution in [0.4, 0.5) is 0 Å². The molecule has 4 heteroatoms. The Morgan fingerprint density at radius 1 is 1.05 bits per heavy atom. The van der Waals surface area contributed by atoms with E-state index in [1.54, 1.807) is 24.3 Å². The molecule has 0 heterocycles. The largest absolute Gasteiger partial charge is 0.478 e. The van der Waals surface area contributed by atoms with Crippen molar-refractivity contribution in [2.45, 2.75) is 51.4 Å². The second-order valence-electron chi connectivity index (χ2n) is 6.15. The number of amides is 1. The van der Waals surface area contributed by atoms with E-state index in [1.807, 2.05) is 0 Å². The molecule has 0 saturated heterocycles. The van der Waals surface area contributed by atoms with Gasteiger partial charge in [-0.15, -0.1) is 0 Å². The topological polar surface area (TPSA) is 66.4 Å². The molecule has 1 aromatic carbocycles. The normalized spacial score (nSPS) is 16.5. The molecular formula is C18H25NO3. The highest BCUT2D eigenvalue weighted by Crippen LogP contribution is 2.21. The Labute approximate surface area is 131 Å². The van der Waals surface area contributed by atoms with Crippen LogP contribution in [-0.2, 0) is 11.2 Å². The van der Waals surface area contributed by atoms with Crippen LogP contribution in [0.3, 0.4) is 0 Å². The van der Waals surface area contributed by atoms with Crippen LogP contribution in [0.5, 0.6) is 0 Å². The van der Waals surface area contributed by atoms with E-state index in [4.69, 9.17) is 5.11 Å². The standard InChI is InChI=1S/C18H25NO3/c20-17(12-15-10-6-7-11-16(15)18(21)22)19-13-14-8-4-2-1-3-5-9-14/h6-7,10-11,14H,1-5,8-9,12-13H2,(H,19,20)(H,21,22). The highest BCUT2D eigenvalue weighted by atomic mass is 16.4. The Kier molecular flexibility index (Phi) is 6.44. The molecule has 1 fully saturated rings. The van der Waals surface area contributed by atoms with Gasteiger partial charge >= 0.3 is 5.97 Å². The van der Waals surface area contributed by atoms with Crippen molar-refractivity contribution in [1.82, 2.24) is 5.32 Å². The summed E-state index contributed by atoms with van der Waals surface area (Å²) in [5.74, 6) is -0.502. The SMILES string of the molecule is O=C(Cc1ccccc1C(=O)O)NCC1CCCCCCC1. The maximum absolute atomic E-state index is 12.1. The van der Waals surface area contributed by atoms with Gasteiger partial charge in [-0.3, -0.25) is 4.79 Å². The second-order valence-corrected chi connectivity index (χ2v) is 6.15. The third kappa shape index (κ3) is 5.17. The van der Waals surface area contributed by atoms with Crippen molar-refractivity contribution < 1.29 is 14.7 Å². The molecule has 0 spiro atoms. The summed E-state index contributed by atoms with van der Waals surface area (Å²) in [6.07, 6.45) is 8.95. The summed E-state index contributed by atoms with van der Waals surface area (Å²) in [5, 5.41) is 12.1. The van der Waals surface area contributed by atoms with Gasteiger partial charge in [0, 0.05) is 6.54 Å². The predicted octanol–water partition coefficient (Wildman–Crippen LogP) is 3.40. The van der Waals surface area contributed by atoms with E-state index in [0.717, 1.165) is 0 Å². The molecule has 0 aromatic heterocycles. The van der Waals surface area contributed by atoms with Gasteiger partial charge in [0.2, 0.25) is 5.91 Å². The number of benzene rings is 1. The van der Waals surface area contributed by atoms with E-state index >= 15 is 0 Å². The van der Waals surface area contributed by atoms with Gasteiger partial charge in [0.05, 0.1) is 12.0 Å². The van der Waals surface area contributed by atoms with Crippen LogP contribution in [0.25, 0.3) is 0 Å². The zero-order valence-corrected chi connectivity index (χ0v) is 13.0. The predicted molar refractivity (Wildman–Crippen MR) is 85.9 cm³/mol. The van der Waals surface area contributed by atoms with E-state index in [-0.39, 0.29) is 17.9 Å². The highest BCUT2D eigenvalue weighted by Gasteiger charge is 2.15. The fourth-order valence-corrected chi connectivity index (χ4v) is 3.12. The minimum atomic E-state index is -0.983. The average molecular weight is 303 g/mol. The van der Waals surface area contributed by atoms with E-state index in [1.165, 1.54) is 44.9 Å². The Balaban J connectivity index is 1.83. The van der Waals surface area contributed by atoms with Gasteiger partial charge in [0.15, 0.2) is 0 Å². The summed E-state index contributed by atoms with van der Waals surface area (Å²) >= 11 is 0.